The molecule has 0 bridgehead atoms. The van der Waals surface area contributed by atoms with Gasteiger partial charge in [0.1, 0.15) is 0 Å². The Morgan fingerprint density at radius 3 is 2.61 bits per heavy atom. The van der Waals surface area contributed by atoms with E-state index in [1.54, 1.807) is 0 Å². The van der Waals surface area contributed by atoms with Gasteiger partial charge in [-0.25, -0.2) is 0 Å². The second-order valence-corrected chi connectivity index (χ2v) is 7.70. The van der Waals surface area contributed by atoms with E-state index in [1.807, 2.05) is 31.2 Å². The number of nitrogens with zero attached hydrogens (tertiary/aromatic N) is 2. The Bertz CT molecular complexity index is 645. The van der Waals surface area contributed by atoms with Crippen molar-refractivity contribution in [3.63, 3.8) is 0 Å². The summed E-state index contributed by atoms with van der Waals surface area (Å²) in [4.78, 5) is 16.1. The van der Waals surface area contributed by atoms with Crippen LogP contribution in [-0.2, 0) is 10.5 Å². The van der Waals surface area contributed by atoms with Crippen LogP contribution in [0.15, 0.2) is 28.8 Å². The van der Waals surface area contributed by atoms with Crippen LogP contribution < -0.4 is 5.32 Å². The van der Waals surface area contributed by atoms with Crippen molar-refractivity contribution in [2.45, 2.75) is 33.4 Å². The Balaban J connectivity index is 1.79. The molecule has 0 saturated heterocycles. The number of amides is 1. The molecule has 1 heterocycles. The summed E-state index contributed by atoms with van der Waals surface area (Å²) in [6.07, 6.45) is 0. The van der Waals surface area contributed by atoms with Gasteiger partial charge in [-0.1, -0.05) is 43.6 Å². The molecule has 124 valence electrons. The first-order chi connectivity index (χ1) is 10.8. The van der Waals surface area contributed by atoms with E-state index in [4.69, 9.17) is 4.52 Å². The van der Waals surface area contributed by atoms with Crippen LogP contribution in [0, 0.1) is 12.3 Å². The number of hydrogen-bond acceptors (Lipinski definition) is 5. The van der Waals surface area contributed by atoms with Gasteiger partial charge < -0.3 is 9.84 Å². The van der Waals surface area contributed by atoms with Gasteiger partial charge in [0, 0.05) is 12.1 Å². The third kappa shape index (κ3) is 6.06. The summed E-state index contributed by atoms with van der Waals surface area (Å²) in [6, 6.07) is 7.93. The largest absolute Gasteiger partial charge is 0.355 e. The average Bonchev–Trinajstić information content (AvgIpc) is 2.94. The summed E-state index contributed by atoms with van der Waals surface area (Å²) >= 11 is 1.48. The Labute approximate surface area is 141 Å². The monoisotopic (exact) mass is 333 g/mol. The first-order valence-corrected chi connectivity index (χ1v) is 8.73. The molecule has 5 nitrogen and oxygen atoms in total. The molecule has 2 aromatic rings. The van der Waals surface area contributed by atoms with E-state index in [0.717, 1.165) is 5.56 Å². The highest BCUT2D eigenvalue weighted by Gasteiger charge is 2.13. The molecule has 0 saturated carbocycles. The van der Waals surface area contributed by atoms with Gasteiger partial charge in [-0.2, -0.15) is 4.98 Å². The summed E-state index contributed by atoms with van der Waals surface area (Å²) in [5.41, 5.74) is 2.18. The topological polar surface area (TPSA) is 68.0 Å². The molecule has 1 aromatic carbocycles. The van der Waals surface area contributed by atoms with Crippen LogP contribution >= 0.6 is 11.8 Å². The zero-order valence-electron chi connectivity index (χ0n) is 14.0. The first-order valence-electron chi connectivity index (χ1n) is 7.57. The minimum atomic E-state index is 0.0344. The van der Waals surface area contributed by atoms with Crippen molar-refractivity contribution in [3.05, 3.63) is 35.7 Å². The van der Waals surface area contributed by atoms with E-state index in [1.165, 1.54) is 17.3 Å². The molecule has 1 amide bonds. The molecule has 0 atom stereocenters. The maximum absolute atomic E-state index is 11.7. The maximum atomic E-state index is 11.7. The summed E-state index contributed by atoms with van der Waals surface area (Å²) in [5, 5.41) is 6.88. The summed E-state index contributed by atoms with van der Waals surface area (Å²) in [5.74, 6) is 2.10. The quantitative estimate of drug-likeness (QED) is 0.877. The molecule has 0 unspecified atom stereocenters. The predicted molar refractivity (Wildman–Crippen MR) is 93.1 cm³/mol. The van der Waals surface area contributed by atoms with Gasteiger partial charge in [0.25, 0.3) is 5.89 Å². The van der Waals surface area contributed by atoms with Crippen LogP contribution in [0.3, 0.4) is 0 Å². The zero-order chi connectivity index (χ0) is 16.9. The van der Waals surface area contributed by atoms with Crippen molar-refractivity contribution in [3.8, 4) is 11.5 Å². The van der Waals surface area contributed by atoms with E-state index in [0.29, 0.717) is 29.8 Å². The highest BCUT2D eigenvalue weighted by Crippen LogP contribution is 2.19. The van der Waals surface area contributed by atoms with Crippen molar-refractivity contribution in [2.24, 2.45) is 5.41 Å². The fourth-order valence-corrected chi connectivity index (χ4v) is 2.47. The molecule has 0 spiro atoms. The molecule has 0 radical (unpaired) electrons. The molecular weight excluding hydrogens is 310 g/mol. The number of aryl methyl sites for hydroxylation is 1. The minimum absolute atomic E-state index is 0.0344. The van der Waals surface area contributed by atoms with Gasteiger partial charge in [-0.05, 0) is 24.5 Å². The second-order valence-electron chi connectivity index (χ2n) is 6.71. The number of carbonyl (C=O) groups excluding carboxylic acids is 1. The third-order valence-corrected chi connectivity index (χ3v) is 3.98. The van der Waals surface area contributed by atoms with Crippen LogP contribution in [0.5, 0.6) is 0 Å². The lowest BCUT2D eigenvalue weighted by Gasteiger charge is -2.18. The van der Waals surface area contributed by atoms with Gasteiger partial charge in [-0.3, -0.25) is 4.79 Å². The van der Waals surface area contributed by atoms with Crippen molar-refractivity contribution >= 4 is 17.7 Å². The Hall–Kier alpha value is -1.82. The molecule has 23 heavy (non-hydrogen) atoms. The van der Waals surface area contributed by atoms with Crippen LogP contribution in [0.1, 0.15) is 32.2 Å². The van der Waals surface area contributed by atoms with E-state index in [2.05, 4.69) is 36.2 Å². The van der Waals surface area contributed by atoms with E-state index in [-0.39, 0.29) is 11.3 Å². The molecule has 0 aliphatic heterocycles. The second kappa shape index (κ2) is 7.64. The lowest BCUT2D eigenvalue weighted by molar-refractivity contribution is -0.118. The van der Waals surface area contributed by atoms with Gasteiger partial charge >= 0.3 is 0 Å². The lowest BCUT2D eigenvalue weighted by Crippen LogP contribution is -2.33. The molecule has 2 rings (SSSR count). The summed E-state index contributed by atoms with van der Waals surface area (Å²) < 4.78 is 5.27. The van der Waals surface area contributed by atoms with E-state index < -0.39 is 0 Å². The van der Waals surface area contributed by atoms with Crippen LogP contribution in [0.25, 0.3) is 11.5 Å². The third-order valence-electron chi connectivity index (χ3n) is 3.05. The van der Waals surface area contributed by atoms with E-state index >= 15 is 0 Å². The van der Waals surface area contributed by atoms with Crippen LogP contribution in [0.4, 0.5) is 0 Å². The molecule has 1 N–H and O–H groups in total. The Morgan fingerprint density at radius 1 is 1.26 bits per heavy atom. The van der Waals surface area contributed by atoms with Crippen LogP contribution in [0.2, 0.25) is 0 Å². The molecule has 1 aromatic heterocycles. The summed E-state index contributed by atoms with van der Waals surface area (Å²) in [6.45, 7) is 8.97. The van der Waals surface area contributed by atoms with Crippen molar-refractivity contribution in [2.75, 3.05) is 12.3 Å². The standard InChI is InChI=1S/C17H23N3O2S/c1-12-5-7-13(8-6-12)16-19-14(20-22-16)9-23-10-15(21)18-11-17(2,3)4/h5-8H,9-11H2,1-4H3,(H,18,21). The number of hydrogen-bond donors (Lipinski definition) is 1. The fourth-order valence-electron chi connectivity index (χ4n) is 1.78. The highest BCUT2D eigenvalue weighted by atomic mass is 32.2. The number of benzene rings is 1. The minimum Gasteiger partial charge on any atom is -0.355 e. The van der Waals surface area contributed by atoms with Crippen molar-refractivity contribution < 1.29 is 9.32 Å². The number of rotatable bonds is 6. The fraction of sp³-hybridized carbons (Fsp3) is 0.471. The van der Waals surface area contributed by atoms with Gasteiger partial charge in [0.2, 0.25) is 5.91 Å². The Kier molecular flexibility index (Phi) is 5.82. The van der Waals surface area contributed by atoms with Crippen molar-refractivity contribution in [1.29, 1.82) is 0 Å². The van der Waals surface area contributed by atoms with Crippen molar-refractivity contribution in [1.82, 2.24) is 15.5 Å². The average molecular weight is 333 g/mol. The maximum Gasteiger partial charge on any atom is 0.257 e. The Morgan fingerprint density at radius 2 is 1.96 bits per heavy atom. The smallest absolute Gasteiger partial charge is 0.257 e. The van der Waals surface area contributed by atoms with Gasteiger partial charge in [0.15, 0.2) is 5.82 Å². The molecule has 6 heteroatoms. The molecule has 0 aliphatic carbocycles. The lowest BCUT2D eigenvalue weighted by atomic mass is 9.97. The normalized spacial score (nSPS) is 11.5. The summed E-state index contributed by atoms with van der Waals surface area (Å²) in [7, 11) is 0. The van der Waals surface area contributed by atoms with Crippen LogP contribution in [-0.4, -0.2) is 28.3 Å². The number of carbonyl (C=O) groups is 1. The zero-order valence-corrected chi connectivity index (χ0v) is 14.9. The molecule has 0 fully saturated rings. The molecular formula is C17H23N3O2S. The SMILES string of the molecule is Cc1ccc(-c2nc(CSCC(=O)NCC(C)(C)C)no2)cc1. The predicted octanol–water partition coefficient (Wildman–Crippen LogP) is 3.44. The molecule has 0 aliphatic rings. The number of nitrogens with one attached hydrogen (secondary N) is 1. The first kappa shape index (κ1) is 17.5. The van der Waals surface area contributed by atoms with E-state index in [9.17, 15) is 4.79 Å². The highest BCUT2D eigenvalue weighted by molar-refractivity contribution is 7.99. The van der Waals surface area contributed by atoms with Gasteiger partial charge in [-0.15, -0.1) is 11.8 Å². The number of thioether (sulfide) groups is 1. The number of aromatic nitrogens is 2. The van der Waals surface area contributed by atoms with Gasteiger partial charge in [0.05, 0.1) is 11.5 Å².